The summed E-state index contributed by atoms with van der Waals surface area (Å²) in [5.74, 6) is 1.76. The molecule has 4 aromatic heterocycles. The standard InChI is InChI=1S/C42H24N4O2/c1-2-11-25(12-3-1)40-44-41(46-42(45-40)31-18-9-21-36-39(31)30-16-6-7-19-34(30)47-36)29-15-5-4-14-27(29)28-17-8-20-35-38(28)32-24-33-26(13-10-22-43-33)23-37(32)48-35/h1-24H. The summed E-state index contributed by atoms with van der Waals surface area (Å²) in [6, 6.07) is 46.8. The molecule has 0 fully saturated rings. The predicted molar refractivity (Wildman–Crippen MR) is 191 cm³/mol. The van der Waals surface area contributed by atoms with Gasteiger partial charge in [0.15, 0.2) is 17.5 Å². The summed E-state index contributed by atoms with van der Waals surface area (Å²) < 4.78 is 12.6. The van der Waals surface area contributed by atoms with E-state index < -0.39 is 0 Å². The van der Waals surface area contributed by atoms with E-state index in [0.717, 1.165) is 82.6 Å². The van der Waals surface area contributed by atoms with E-state index in [1.807, 2.05) is 91.1 Å². The molecule has 4 heterocycles. The molecule has 0 amide bonds. The summed E-state index contributed by atoms with van der Waals surface area (Å²) in [5.41, 5.74) is 8.89. The van der Waals surface area contributed by atoms with Crippen LogP contribution in [-0.2, 0) is 0 Å². The smallest absolute Gasteiger partial charge is 0.164 e. The highest BCUT2D eigenvalue weighted by Crippen LogP contribution is 2.42. The molecule has 0 N–H and O–H groups in total. The van der Waals surface area contributed by atoms with Crippen molar-refractivity contribution in [3.05, 3.63) is 146 Å². The molecule has 0 saturated carbocycles. The summed E-state index contributed by atoms with van der Waals surface area (Å²) in [6.07, 6.45) is 1.82. The second-order valence-electron chi connectivity index (χ2n) is 11.8. The molecule has 0 aliphatic rings. The van der Waals surface area contributed by atoms with Crippen LogP contribution in [0.1, 0.15) is 0 Å². The molecule has 0 unspecified atom stereocenters. The maximum atomic E-state index is 6.41. The number of aromatic nitrogens is 4. The Morgan fingerprint density at radius 2 is 1.02 bits per heavy atom. The van der Waals surface area contributed by atoms with Crippen molar-refractivity contribution in [2.75, 3.05) is 0 Å². The van der Waals surface area contributed by atoms with E-state index in [-0.39, 0.29) is 0 Å². The van der Waals surface area contributed by atoms with Crippen LogP contribution in [0, 0.1) is 0 Å². The molecule has 0 radical (unpaired) electrons. The van der Waals surface area contributed by atoms with Crippen LogP contribution in [0.4, 0.5) is 0 Å². The topological polar surface area (TPSA) is 77.8 Å². The van der Waals surface area contributed by atoms with Crippen molar-refractivity contribution in [3.63, 3.8) is 0 Å². The number of pyridine rings is 1. The first kappa shape index (κ1) is 26.5. The van der Waals surface area contributed by atoms with Gasteiger partial charge in [0.05, 0.1) is 5.52 Å². The van der Waals surface area contributed by atoms with Crippen LogP contribution in [0.15, 0.2) is 155 Å². The average molecular weight is 617 g/mol. The minimum Gasteiger partial charge on any atom is -0.456 e. The Balaban J connectivity index is 1.24. The highest BCUT2D eigenvalue weighted by molar-refractivity contribution is 6.16. The molecular formula is C42H24N4O2. The minimum atomic E-state index is 0.579. The van der Waals surface area contributed by atoms with E-state index >= 15 is 0 Å². The van der Waals surface area contributed by atoms with Crippen LogP contribution < -0.4 is 0 Å². The fraction of sp³-hybridized carbons (Fsp3) is 0. The van der Waals surface area contributed by atoms with Gasteiger partial charge in [0.25, 0.3) is 0 Å². The van der Waals surface area contributed by atoms with Crippen LogP contribution in [0.3, 0.4) is 0 Å². The zero-order valence-corrected chi connectivity index (χ0v) is 25.5. The summed E-state index contributed by atoms with van der Waals surface area (Å²) >= 11 is 0. The van der Waals surface area contributed by atoms with E-state index in [1.165, 1.54) is 0 Å². The maximum absolute atomic E-state index is 6.41. The molecule has 6 aromatic carbocycles. The number of nitrogens with zero attached hydrogens (tertiary/aromatic N) is 4. The first-order valence-corrected chi connectivity index (χ1v) is 15.8. The summed E-state index contributed by atoms with van der Waals surface area (Å²) in [6.45, 7) is 0. The van der Waals surface area contributed by atoms with Crippen molar-refractivity contribution in [3.8, 4) is 45.3 Å². The fourth-order valence-corrected chi connectivity index (χ4v) is 6.82. The zero-order chi connectivity index (χ0) is 31.6. The van der Waals surface area contributed by atoms with E-state index in [1.54, 1.807) is 0 Å². The first-order chi connectivity index (χ1) is 23.8. The Morgan fingerprint density at radius 3 is 1.88 bits per heavy atom. The molecule has 0 aliphatic heterocycles. The monoisotopic (exact) mass is 616 g/mol. The lowest BCUT2D eigenvalue weighted by Gasteiger charge is -2.13. The summed E-state index contributed by atoms with van der Waals surface area (Å²) in [5, 5.41) is 5.08. The number of para-hydroxylation sites is 1. The van der Waals surface area contributed by atoms with Gasteiger partial charge in [-0.1, -0.05) is 103 Å². The van der Waals surface area contributed by atoms with Gasteiger partial charge in [-0.2, -0.15) is 0 Å². The van der Waals surface area contributed by atoms with Gasteiger partial charge in [0, 0.05) is 49.8 Å². The third-order valence-electron chi connectivity index (χ3n) is 8.99. The van der Waals surface area contributed by atoms with Crippen molar-refractivity contribution in [1.82, 2.24) is 19.9 Å². The molecule has 0 spiro atoms. The normalized spacial score (nSPS) is 11.8. The SMILES string of the molecule is c1ccc(-c2nc(-c3ccccc3-c3cccc4oc5cc6cccnc6cc5c34)nc(-c3cccc4oc5ccccc5c34)n2)cc1. The molecule has 0 saturated heterocycles. The second-order valence-corrected chi connectivity index (χ2v) is 11.8. The Hall–Kier alpha value is -6.66. The number of hydrogen-bond acceptors (Lipinski definition) is 6. The molecule has 0 atom stereocenters. The number of hydrogen-bond donors (Lipinski definition) is 0. The quantitative estimate of drug-likeness (QED) is 0.196. The molecule has 6 nitrogen and oxygen atoms in total. The Labute approximate surface area is 274 Å². The number of rotatable bonds is 4. The summed E-state index contributed by atoms with van der Waals surface area (Å²) in [4.78, 5) is 20.0. The van der Waals surface area contributed by atoms with Crippen molar-refractivity contribution in [1.29, 1.82) is 0 Å². The van der Waals surface area contributed by atoms with Gasteiger partial charge in [0.2, 0.25) is 0 Å². The minimum absolute atomic E-state index is 0.579. The molecule has 6 heteroatoms. The number of furan rings is 2. The Morgan fingerprint density at radius 1 is 0.396 bits per heavy atom. The van der Waals surface area contributed by atoms with Crippen molar-refractivity contribution >= 4 is 54.8 Å². The largest absolute Gasteiger partial charge is 0.456 e. The highest BCUT2D eigenvalue weighted by Gasteiger charge is 2.21. The zero-order valence-electron chi connectivity index (χ0n) is 25.5. The lowest BCUT2D eigenvalue weighted by atomic mass is 9.94. The molecule has 0 bridgehead atoms. The van der Waals surface area contributed by atoms with E-state index in [4.69, 9.17) is 23.8 Å². The highest BCUT2D eigenvalue weighted by atomic mass is 16.3. The van der Waals surface area contributed by atoms with Crippen LogP contribution in [0.25, 0.3) is 100 Å². The van der Waals surface area contributed by atoms with Gasteiger partial charge in [-0.3, -0.25) is 4.98 Å². The van der Waals surface area contributed by atoms with Crippen LogP contribution in [0.2, 0.25) is 0 Å². The van der Waals surface area contributed by atoms with Crippen LogP contribution in [0.5, 0.6) is 0 Å². The number of fused-ring (bicyclic) bond motifs is 7. The van der Waals surface area contributed by atoms with Gasteiger partial charge < -0.3 is 8.83 Å². The Bertz CT molecular complexity index is 2850. The van der Waals surface area contributed by atoms with Crippen LogP contribution >= 0.6 is 0 Å². The van der Waals surface area contributed by atoms with Crippen molar-refractivity contribution < 1.29 is 8.83 Å². The van der Waals surface area contributed by atoms with E-state index in [2.05, 4.69) is 59.6 Å². The fourth-order valence-electron chi connectivity index (χ4n) is 6.82. The van der Waals surface area contributed by atoms with Gasteiger partial charge >= 0.3 is 0 Å². The summed E-state index contributed by atoms with van der Waals surface area (Å²) in [7, 11) is 0. The van der Waals surface area contributed by atoms with Crippen molar-refractivity contribution in [2.45, 2.75) is 0 Å². The molecule has 224 valence electrons. The van der Waals surface area contributed by atoms with E-state index in [9.17, 15) is 0 Å². The molecule has 10 rings (SSSR count). The third-order valence-corrected chi connectivity index (χ3v) is 8.99. The third kappa shape index (κ3) is 4.13. The average Bonchev–Trinajstić information content (AvgIpc) is 3.72. The predicted octanol–water partition coefficient (Wildman–Crippen LogP) is 10.9. The lowest BCUT2D eigenvalue weighted by molar-refractivity contribution is 0.669. The van der Waals surface area contributed by atoms with Crippen molar-refractivity contribution in [2.24, 2.45) is 0 Å². The second kappa shape index (κ2) is 10.4. The van der Waals surface area contributed by atoms with Gasteiger partial charge in [-0.25, -0.2) is 15.0 Å². The Kier molecular flexibility index (Phi) is 5.77. The molecular weight excluding hydrogens is 592 g/mol. The van der Waals surface area contributed by atoms with E-state index in [0.29, 0.717) is 17.5 Å². The number of benzene rings is 6. The van der Waals surface area contributed by atoms with Gasteiger partial charge in [-0.15, -0.1) is 0 Å². The molecule has 10 aromatic rings. The lowest BCUT2D eigenvalue weighted by Crippen LogP contribution is -2.01. The molecule has 48 heavy (non-hydrogen) atoms. The van der Waals surface area contributed by atoms with Gasteiger partial charge in [-0.05, 0) is 47.5 Å². The maximum Gasteiger partial charge on any atom is 0.164 e. The van der Waals surface area contributed by atoms with Gasteiger partial charge in [0.1, 0.15) is 22.3 Å². The molecule has 0 aliphatic carbocycles. The first-order valence-electron chi connectivity index (χ1n) is 15.8. The van der Waals surface area contributed by atoms with Crippen LogP contribution in [-0.4, -0.2) is 19.9 Å².